The lowest BCUT2D eigenvalue weighted by molar-refractivity contribution is -0.133. The Labute approximate surface area is 169 Å². The van der Waals surface area contributed by atoms with E-state index in [0.717, 1.165) is 43.3 Å². The monoisotopic (exact) mass is 404 g/mol. The van der Waals surface area contributed by atoms with E-state index < -0.39 is 0 Å². The molecule has 2 fully saturated rings. The van der Waals surface area contributed by atoms with Crippen LogP contribution in [0.5, 0.6) is 0 Å². The number of nitrogens with zero attached hydrogens (tertiary/aromatic N) is 4. The van der Waals surface area contributed by atoms with Gasteiger partial charge in [0.1, 0.15) is 0 Å². The van der Waals surface area contributed by atoms with Gasteiger partial charge in [-0.1, -0.05) is 35.1 Å². The van der Waals surface area contributed by atoms with Gasteiger partial charge in [0.2, 0.25) is 5.91 Å². The highest BCUT2D eigenvalue weighted by molar-refractivity contribution is 7.03. The number of likely N-dealkylation sites (tertiary alicyclic amines) is 2. The molecule has 3 atom stereocenters. The highest BCUT2D eigenvalue weighted by Crippen LogP contribution is 2.39. The molecule has 4 rings (SSSR count). The highest BCUT2D eigenvalue weighted by Gasteiger charge is 2.37. The first-order valence-corrected chi connectivity index (χ1v) is 10.8. The van der Waals surface area contributed by atoms with Gasteiger partial charge >= 0.3 is 0 Å². The molecule has 0 saturated carbocycles. The number of hydrogen-bond acceptors (Lipinski definition) is 5. The summed E-state index contributed by atoms with van der Waals surface area (Å²) in [6, 6.07) is 8.07. The quantitative estimate of drug-likeness (QED) is 0.780. The smallest absolute Gasteiger partial charge is 0.236 e. The minimum Gasteiger partial charge on any atom is -0.341 e. The molecule has 0 bridgehead atoms. The van der Waals surface area contributed by atoms with Crippen molar-refractivity contribution in [2.45, 2.75) is 31.6 Å². The summed E-state index contributed by atoms with van der Waals surface area (Å²) in [6.45, 7) is 6.22. The molecule has 0 aliphatic carbocycles. The molecule has 2 aromatic rings. The standard InChI is InChI=1S/C20H25ClN4OS/c1-14-3-2-8-25(9-14)20(26)12-24-10-17(15-4-6-16(21)7-5-15)18(11-24)19-13-27-23-22-19/h4-7,13-14,17-18H,2-3,8-12H2,1H3/t14-,17-,18+/m1/s1. The lowest BCUT2D eigenvalue weighted by Gasteiger charge is -2.32. The summed E-state index contributed by atoms with van der Waals surface area (Å²) in [4.78, 5) is 17.1. The van der Waals surface area contributed by atoms with E-state index in [9.17, 15) is 4.79 Å². The number of aromatic nitrogens is 2. The van der Waals surface area contributed by atoms with Gasteiger partial charge in [-0.05, 0) is 48.0 Å². The molecule has 1 amide bonds. The molecule has 0 radical (unpaired) electrons. The lowest BCUT2D eigenvalue weighted by atomic mass is 9.87. The van der Waals surface area contributed by atoms with Crippen LogP contribution in [0.1, 0.15) is 42.9 Å². The van der Waals surface area contributed by atoms with Gasteiger partial charge in [-0.25, -0.2) is 0 Å². The molecule has 2 saturated heterocycles. The fourth-order valence-electron chi connectivity index (χ4n) is 4.40. The molecule has 0 N–H and O–H groups in total. The second kappa shape index (κ2) is 8.25. The maximum absolute atomic E-state index is 12.8. The molecule has 3 heterocycles. The third kappa shape index (κ3) is 4.33. The van der Waals surface area contributed by atoms with Crippen LogP contribution in [0.3, 0.4) is 0 Å². The number of amides is 1. The molecule has 0 unspecified atom stereocenters. The van der Waals surface area contributed by atoms with Gasteiger partial charge in [0.25, 0.3) is 0 Å². The van der Waals surface area contributed by atoms with Crippen LogP contribution in [0.25, 0.3) is 0 Å². The molecular weight excluding hydrogens is 380 g/mol. The summed E-state index contributed by atoms with van der Waals surface area (Å²) in [5, 5.41) is 7.10. The minimum absolute atomic E-state index is 0.258. The Balaban J connectivity index is 1.48. The molecule has 1 aromatic heterocycles. The van der Waals surface area contributed by atoms with Crippen molar-refractivity contribution in [3.63, 3.8) is 0 Å². The van der Waals surface area contributed by atoms with Crippen LogP contribution in [-0.2, 0) is 4.79 Å². The van der Waals surface area contributed by atoms with Gasteiger partial charge in [-0.3, -0.25) is 9.69 Å². The minimum atomic E-state index is 0.258. The molecule has 2 aliphatic rings. The van der Waals surface area contributed by atoms with Gasteiger partial charge in [0.15, 0.2) is 0 Å². The number of rotatable bonds is 4. The molecule has 144 valence electrons. The molecule has 27 heavy (non-hydrogen) atoms. The van der Waals surface area contributed by atoms with Crippen LogP contribution in [0.2, 0.25) is 5.02 Å². The summed E-state index contributed by atoms with van der Waals surface area (Å²) < 4.78 is 4.05. The first-order chi connectivity index (χ1) is 13.1. The third-order valence-corrected chi connectivity index (χ3v) is 6.59. The number of carbonyl (C=O) groups excluding carboxylic acids is 1. The van der Waals surface area contributed by atoms with Crippen molar-refractivity contribution >= 4 is 29.0 Å². The van der Waals surface area contributed by atoms with E-state index in [1.165, 1.54) is 23.5 Å². The third-order valence-electron chi connectivity index (χ3n) is 5.82. The predicted octanol–water partition coefficient (Wildman–Crippen LogP) is 3.63. The van der Waals surface area contributed by atoms with Crippen molar-refractivity contribution in [3.05, 3.63) is 45.9 Å². The lowest BCUT2D eigenvalue weighted by Crippen LogP contribution is -2.44. The number of hydrogen-bond donors (Lipinski definition) is 0. The molecule has 0 spiro atoms. The van der Waals surface area contributed by atoms with Crippen molar-refractivity contribution in [1.29, 1.82) is 0 Å². The Morgan fingerprint density at radius 2 is 2.00 bits per heavy atom. The number of piperidine rings is 1. The van der Waals surface area contributed by atoms with Gasteiger partial charge in [0, 0.05) is 48.4 Å². The summed E-state index contributed by atoms with van der Waals surface area (Å²) in [5.74, 6) is 1.43. The SMILES string of the molecule is C[C@@H]1CCCN(C(=O)CN2C[C@H](c3ccc(Cl)cc3)[C@@H](c3csnn3)C2)C1. The topological polar surface area (TPSA) is 49.3 Å². The summed E-state index contributed by atoms with van der Waals surface area (Å²) in [7, 11) is 0. The first-order valence-electron chi connectivity index (χ1n) is 9.62. The van der Waals surface area contributed by atoms with E-state index in [2.05, 4.69) is 33.5 Å². The fourth-order valence-corrected chi connectivity index (χ4v) is 5.05. The van der Waals surface area contributed by atoms with E-state index in [0.29, 0.717) is 18.4 Å². The highest BCUT2D eigenvalue weighted by atomic mass is 35.5. The second-order valence-corrected chi connectivity index (χ2v) is 8.92. The zero-order valence-corrected chi connectivity index (χ0v) is 17.1. The molecule has 5 nitrogen and oxygen atoms in total. The Morgan fingerprint density at radius 3 is 2.70 bits per heavy atom. The summed E-state index contributed by atoms with van der Waals surface area (Å²) in [6.07, 6.45) is 2.35. The Morgan fingerprint density at radius 1 is 1.22 bits per heavy atom. The summed E-state index contributed by atoms with van der Waals surface area (Å²) >= 11 is 7.46. The van der Waals surface area contributed by atoms with Gasteiger partial charge in [0.05, 0.1) is 12.2 Å². The molecule has 1 aromatic carbocycles. The Hall–Kier alpha value is -1.50. The van der Waals surface area contributed by atoms with Crippen molar-refractivity contribution < 1.29 is 4.79 Å². The van der Waals surface area contributed by atoms with Crippen molar-refractivity contribution in [3.8, 4) is 0 Å². The first kappa shape index (κ1) is 18.8. The zero-order chi connectivity index (χ0) is 18.8. The zero-order valence-electron chi connectivity index (χ0n) is 15.6. The van der Waals surface area contributed by atoms with E-state index in [4.69, 9.17) is 11.6 Å². The summed E-state index contributed by atoms with van der Waals surface area (Å²) in [5.41, 5.74) is 2.28. The Bertz CT molecular complexity index is 767. The molecule has 2 aliphatic heterocycles. The van der Waals surface area contributed by atoms with Crippen molar-refractivity contribution in [2.75, 3.05) is 32.7 Å². The van der Waals surface area contributed by atoms with Crippen LogP contribution in [0, 0.1) is 5.92 Å². The van der Waals surface area contributed by atoms with Gasteiger partial charge < -0.3 is 4.90 Å². The van der Waals surface area contributed by atoms with Crippen LogP contribution < -0.4 is 0 Å². The van der Waals surface area contributed by atoms with E-state index in [1.807, 2.05) is 22.4 Å². The van der Waals surface area contributed by atoms with Gasteiger partial charge in [-0.2, -0.15) is 0 Å². The van der Waals surface area contributed by atoms with Crippen LogP contribution >= 0.6 is 23.1 Å². The van der Waals surface area contributed by atoms with E-state index in [1.54, 1.807) is 0 Å². The largest absolute Gasteiger partial charge is 0.341 e. The molecule has 7 heteroatoms. The second-order valence-electron chi connectivity index (χ2n) is 7.88. The number of benzene rings is 1. The molecular formula is C20H25ClN4OS. The van der Waals surface area contributed by atoms with Crippen molar-refractivity contribution in [2.24, 2.45) is 5.92 Å². The number of halogens is 1. The predicted molar refractivity (Wildman–Crippen MR) is 108 cm³/mol. The maximum atomic E-state index is 12.8. The normalized spacial score (nSPS) is 26.4. The number of carbonyl (C=O) groups is 1. The fraction of sp³-hybridized carbons (Fsp3) is 0.550. The van der Waals surface area contributed by atoms with Crippen LogP contribution in [0.15, 0.2) is 29.6 Å². The van der Waals surface area contributed by atoms with Crippen LogP contribution in [0.4, 0.5) is 0 Å². The average molecular weight is 405 g/mol. The van der Waals surface area contributed by atoms with Crippen molar-refractivity contribution in [1.82, 2.24) is 19.4 Å². The van der Waals surface area contributed by atoms with Crippen LogP contribution in [-0.4, -0.2) is 58.0 Å². The van der Waals surface area contributed by atoms with Gasteiger partial charge in [-0.15, -0.1) is 5.10 Å². The maximum Gasteiger partial charge on any atom is 0.236 e. The average Bonchev–Trinajstić information content (AvgIpc) is 3.32. The van der Waals surface area contributed by atoms with E-state index in [-0.39, 0.29) is 11.8 Å². The Kier molecular flexibility index (Phi) is 5.76. The van der Waals surface area contributed by atoms with E-state index >= 15 is 0 Å².